The zero-order valence-corrected chi connectivity index (χ0v) is 14.8. The van der Waals surface area contributed by atoms with E-state index in [0.29, 0.717) is 32.0 Å². The van der Waals surface area contributed by atoms with E-state index in [1.807, 2.05) is 23.1 Å². The number of nitro benzene ring substituents is 1. The molecule has 0 atom stereocenters. The van der Waals surface area contributed by atoms with Crippen LogP contribution in [0.5, 0.6) is 0 Å². The van der Waals surface area contributed by atoms with Crippen LogP contribution in [0.4, 0.5) is 11.4 Å². The molecule has 0 amide bonds. The fourth-order valence-electron chi connectivity index (χ4n) is 2.75. The van der Waals surface area contributed by atoms with Gasteiger partial charge in [-0.15, -0.1) is 0 Å². The van der Waals surface area contributed by atoms with Crippen molar-refractivity contribution in [2.45, 2.75) is 11.4 Å². The van der Waals surface area contributed by atoms with E-state index < -0.39 is 14.9 Å². The predicted octanol–water partition coefficient (Wildman–Crippen LogP) is 1.91. The molecule has 0 radical (unpaired) electrons. The first kappa shape index (κ1) is 18.3. The number of ether oxygens (including phenoxy) is 1. The summed E-state index contributed by atoms with van der Waals surface area (Å²) in [6.07, 6.45) is 0. The number of morpholine rings is 1. The summed E-state index contributed by atoms with van der Waals surface area (Å²) in [6.45, 7) is 2.13. The van der Waals surface area contributed by atoms with Crippen LogP contribution in [0.1, 0.15) is 5.56 Å². The molecule has 0 aromatic heterocycles. The maximum absolute atomic E-state index is 12.5. The van der Waals surface area contributed by atoms with Crippen molar-refractivity contribution >= 4 is 21.4 Å². The van der Waals surface area contributed by atoms with Gasteiger partial charge in [-0.3, -0.25) is 10.1 Å². The van der Waals surface area contributed by atoms with Crippen molar-refractivity contribution in [2.24, 2.45) is 0 Å². The molecule has 3 rings (SSSR count). The van der Waals surface area contributed by atoms with E-state index in [2.05, 4.69) is 4.72 Å². The number of nitro groups is 1. The minimum atomic E-state index is -3.86. The third kappa shape index (κ3) is 4.18. The number of anilines is 1. The van der Waals surface area contributed by atoms with Gasteiger partial charge in [-0.2, -0.15) is 0 Å². The lowest BCUT2D eigenvalue weighted by atomic mass is 10.2. The number of rotatable bonds is 6. The van der Waals surface area contributed by atoms with Crippen LogP contribution in [0.15, 0.2) is 53.4 Å². The van der Waals surface area contributed by atoms with E-state index in [-0.39, 0.29) is 17.1 Å². The number of benzene rings is 2. The summed E-state index contributed by atoms with van der Waals surface area (Å²) in [5.41, 5.74) is 0.977. The SMILES string of the molecule is O=[N+]([O-])c1cc(S(=O)(=O)NCc2ccccc2)ccc1N1CCOCC1. The first-order chi connectivity index (χ1) is 12.5. The fourth-order valence-corrected chi connectivity index (χ4v) is 3.78. The molecular formula is C17H19N3O5S. The smallest absolute Gasteiger partial charge is 0.293 e. The van der Waals surface area contributed by atoms with Gasteiger partial charge in [0.05, 0.1) is 23.0 Å². The van der Waals surface area contributed by atoms with Crippen LogP contribution < -0.4 is 9.62 Å². The van der Waals surface area contributed by atoms with Gasteiger partial charge in [0.1, 0.15) is 5.69 Å². The van der Waals surface area contributed by atoms with Gasteiger partial charge in [-0.05, 0) is 17.7 Å². The zero-order chi connectivity index (χ0) is 18.6. The minimum Gasteiger partial charge on any atom is -0.378 e. The largest absolute Gasteiger partial charge is 0.378 e. The summed E-state index contributed by atoms with van der Waals surface area (Å²) < 4.78 is 32.7. The van der Waals surface area contributed by atoms with E-state index >= 15 is 0 Å². The molecular weight excluding hydrogens is 358 g/mol. The lowest BCUT2D eigenvalue weighted by Crippen LogP contribution is -2.36. The monoisotopic (exact) mass is 377 g/mol. The highest BCUT2D eigenvalue weighted by Crippen LogP contribution is 2.31. The summed E-state index contributed by atoms with van der Waals surface area (Å²) in [5.74, 6) is 0. The van der Waals surface area contributed by atoms with Crippen LogP contribution in [0.2, 0.25) is 0 Å². The average molecular weight is 377 g/mol. The Morgan fingerprint density at radius 3 is 2.46 bits per heavy atom. The highest BCUT2D eigenvalue weighted by atomic mass is 32.2. The van der Waals surface area contributed by atoms with Gasteiger partial charge in [0.25, 0.3) is 5.69 Å². The Morgan fingerprint density at radius 2 is 1.81 bits per heavy atom. The van der Waals surface area contributed by atoms with E-state index in [1.54, 1.807) is 12.1 Å². The first-order valence-electron chi connectivity index (χ1n) is 8.12. The molecule has 1 saturated heterocycles. The van der Waals surface area contributed by atoms with Gasteiger partial charge in [0.15, 0.2) is 0 Å². The van der Waals surface area contributed by atoms with Gasteiger partial charge < -0.3 is 9.64 Å². The summed E-state index contributed by atoms with van der Waals surface area (Å²) >= 11 is 0. The summed E-state index contributed by atoms with van der Waals surface area (Å²) in [7, 11) is -3.86. The second-order valence-electron chi connectivity index (χ2n) is 5.82. The van der Waals surface area contributed by atoms with E-state index in [0.717, 1.165) is 11.6 Å². The van der Waals surface area contributed by atoms with Crippen LogP contribution >= 0.6 is 0 Å². The first-order valence-corrected chi connectivity index (χ1v) is 9.60. The number of sulfonamides is 1. The fraction of sp³-hybridized carbons (Fsp3) is 0.294. The van der Waals surface area contributed by atoms with Crippen molar-refractivity contribution < 1.29 is 18.1 Å². The average Bonchev–Trinajstić information content (AvgIpc) is 2.67. The number of hydrogen-bond acceptors (Lipinski definition) is 6. The van der Waals surface area contributed by atoms with E-state index in [9.17, 15) is 18.5 Å². The molecule has 1 aliphatic heterocycles. The molecule has 2 aromatic carbocycles. The van der Waals surface area contributed by atoms with Gasteiger partial charge >= 0.3 is 0 Å². The van der Waals surface area contributed by atoms with Crippen LogP contribution in [-0.2, 0) is 21.3 Å². The quantitative estimate of drug-likeness (QED) is 0.609. The Hall–Kier alpha value is -2.49. The normalized spacial score (nSPS) is 15.0. The van der Waals surface area contributed by atoms with E-state index in [4.69, 9.17) is 4.74 Å². The molecule has 8 nitrogen and oxygen atoms in total. The van der Waals surface area contributed by atoms with Crippen LogP contribution in [0.25, 0.3) is 0 Å². The Balaban J connectivity index is 1.85. The molecule has 26 heavy (non-hydrogen) atoms. The van der Waals surface area contributed by atoms with Crippen molar-refractivity contribution in [3.8, 4) is 0 Å². The molecule has 0 saturated carbocycles. The topological polar surface area (TPSA) is 102 Å². The number of hydrogen-bond donors (Lipinski definition) is 1. The van der Waals surface area contributed by atoms with Crippen molar-refractivity contribution in [3.63, 3.8) is 0 Å². The molecule has 0 bridgehead atoms. The van der Waals surface area contributed by atoms with Crippen molar-refractivity contribution in [3.05, 3.63) is 64.2 Å². The summed E-state index contributed by atoms with van der Waals surface area (Å²) in [5, 5.41) is 11.5. The van der Waals surface area contributed by atoms with E-state index in [1.165, 1.54) is 12.1 Å². The molecule has 1 heterocycles. The Morgan fingerprint density at radius 1 is 1.12 bits per heavy atom. The number of nitrogens with one attached hydrogen (secondary N) is 1. The molecule has 2 aromatic rings. The third-order valence-corrected chi connectivity index (χ3v) is 5.51. The van der Waals surface area contributed by atoms with Crippen molar-refractivity contribution in [1.82, 2.24) is 4.72 Å². The maximum Gasteiger partial charge on any atom is 0.293 e. The maximum atomic E-state index is 12.5. The molecule has 0 unspecified atom stereocenters. The third-order valence-electron chi connectivity index (χ3n) is 4.11. The second-order valence-corrected chi connectivity index (χ2v) is 7.58. The lowest BCUT2D eigenvalue weighted by Gasteiger charge is -2.28. The molecule has 0 spiro atoms. The molecule has 1 aliphatic rings. The Kier molecular flexibility index (Phi) is 5.50. The van der Waals surface area contributed by atoms with Crippen molar-refractivity contribution in [1.29, 1.82) is 0 Å². The highest BCUT2D eigenvalue weighted by Gasteiger charge is 2.25. The van der Waals surface area contributed by atoms with Crippen LogP contribution in [0, 0.1) is 10.1 Å². The molecule has 0 aliphatic carbocycles. The molecule has 1 fully saturated rings. The molecule has 9 heteroatoms. The molecule has 1 N–H and O–H groups in total. The second kappa shape index (κ2) is 7.81. The van der Waals surface area contributed by atoms with Crippen molar-refractivity contribution in [2.75, 3.05) is 31.2 Å². The van der Waals surface area contributed by atoms with Gasteiger partial charge in [-0.1, -0.05) is 30.3 Å². The van der Waals surface area contributed by atoms with Crippen LogP contribution in [0.3, 0.4) is 0 Å². The van der Waals surface area contributed by atoms with Gasteiger partial charge in [0.2, 0.25) is 10.0 Å². The standard InChI is InChI=1S/C17H19N3O5S/c21-20(22)17-12-15(6-7-16(17)19-8-10-25-11-9-19)26(23,24)18-13-14-4-2-1-3-5-14/h1-7,12,18H,8-11,13H2. The predicted molar refractivity (Wildman–Crippen MR) is 96.6 cm³/mol. The Labute approximate surface area is 151 Å². The minimum absolute atomic E-state index is 0.113. The van der Waals surface area contributed by atoms with Gasteiger partial charge in [-0.25, -0.2) is 13.1 Å². The number of nitrogens with zero attached hydrogens (tertiary/aromatic N) is 2. The Bertz CT molecular complexity index is 881. The molecule has 138 valence electrons. The summed E-state index contributed by atoms with van der Waals surface area (Å²) in [4.78, 5) is 12.6. The van der Waals surface area contributed by atoms with Gasteiger partial charge in [0, 0.05) is 25.7 Å². The lowest BCUT2D eigenvalue weighted by molar-refractivity contribution is -0.384. The summed E-state index contributed by atoms with van der Waals surface area (Å²) in [6, 6.07) is 13.0. The zero-order valence-electron chi connectivity index (χ0n) is 14.0. The highest BCUT2D eigenvalue weighted by molar-refractivity contribution is 7.89. The van der Waals surface area contributed by atoms with Crippen LogP contribution in [-0.4, -0.2) is 39.6 Å².